The first-order chi connectivity index (χ1) is 17.9. The molecule has 1 aliphatic rings. The number of carbonyl (C=O) groups is 3. The number of ether oxygens (including phenoxy) is 2. The highest BCUT2D eigenvalue weighted by Crippen LogP contribution is 2.27. The Bertz CT molecular complexity index is 1320. The van der Waals surface area contributed by atoms with Gasteiger partial charge in [-0.2, -0.15) is 0 Å². The second kappa shape index (κ2) is 11.8. The summed E-state index contributed by atoms with van der Waals surface area (Å²) in [5, 5.41) is 11.2. The summed E-state index contributed by atoms with van der Waals surface area (Å²) in [5.74, 6) is -3.07. The number of hydrogen-bond donors (Lipinski definition) is 1. The number of ketones is 1. The van der Waals surface area contributed by atoms with E-state index in [9.17, 15) is 24.3 Å². The molecule has 0 spiro atoms. The third kappa shape index (κ3) is 5.86. The molecule has 2 heterocycles. The predicted molar refractivity (Wildman–Crippen MR) is 133 cm³/mol. The van der Waals surface area contributed by atoms with Gasteiger partial charge < -0.3 is 19.5 Å². The first kappa shape index (κ1) is 26.0. The van der Waals surface area contributed by atoms with E-state index in [1.54, 1.807) is 43.3 Å². The van der Waals surface area contributed by atoms with Gasteiger partial charge in [-0.15, -0.1) is 0 Å². The van der Waals surface area contributed by atoms with Gasteiger partial charge in [0.05, 0.1) is 42.5 Å². The number of carbonyl (C=O) groups excluding carboxylic acids is 3. The Kier molecular flexibility index (Phi) is 8.29. The SMILES string of the molecule is CCOC(=O)C(C(=O)Cn1cnc2ccccc2c1=O)C1C(O)CCCN1C(=O)OCc1ccccc1. The zero-order chi connectivity index (χ0) is 26.4. The summed E-state index contributed by atoms with van der Waals surface area (Å²) in [4.78, 5) is 58.0. The molecule has 2 aromatic carbocycles. The first-order valence-corrected chi connectivity index (χ1v) is 12.2. The summed E-state index contributed by atoms with van der Waals surface area (Å²) >= 11 is 0. The highest BCUT2D eigenvalue weighted by atomic mass is 16.6. The molecule has 37 heavy (non-hydrogen) atoms. The van der Waals surface area contributed by atoms with Crippen LogP contribution in [0.5, 0.6) is 0 Å². The summed E-state index contributed by atoms with van der Waals surface area (Å²) in [6.45, 7) is 1.31. The van der Waals surface area contributed by atoms with Crippen LogP contribution in [0.25, 0.3) is 10.9 Å². The molecule has 10 nitrogen and oxygen atoms in total. The molecule has 194 valence electrons. The van der Waals surface area contributed by atoms with Crippen LogP contribution in [0.3, 0.4) is 0 Å². The monoisotopic (exact) mass is 507 g/mol. The van der Waals surface area contributed by atoms with Gasteiger partial charge in [-0.3, -0.25) is 19.0 Å². The van der Waals surface area contributed by atoms with Gasteiger partial charge in [0, 0.05) is 6.54 Å². The van der Waals surface area contributed by atoms with Crippen LogP contribution in [-0.4, -0.2) is 62.7 Å². The summed E-state index contributed by atoms with van der Waals surface area (Å²) in [5.41, 5.74) is 0.809. The van der Waals surface area contributed by atoms with Crippen LogP contribution in [-0.2, 0) is 32.2 Å². The topological polar surface area (TPSA) is 128 Å². The van der Waals surface area contributed by atoms with Crippen LogP contribution in [0.1, 0.15) is 25.3 Å². The maximum Gasteiger partial charge on any atom is 0.410 e. The molecule has 0 aliphatic carbocycles. The number of Topliss-reactive ketones (excluding diaryl/α,β-unsaturated/α-hetero) is 1. The molecular formula is C27H29N3O7. The molecule has 1 amide bonds. The lowest BCUT2D eigenvalue weighted by Gasteiger charge is -2.41. The number of aromatic nitrogens is 2. The van der Waals surface area contributed by atoms with Crippen molar-refractivity contribution in [3.63, 3.8) is 0 Å². The molecule has 0 radical (unpaired) electrons. The molecule has 3 unspecified atom stereocenters. The number of piperidine rings is 1. The lowest BCUT2D eigenvalue weighted by atomic mass is 9.85. The Morgan fingerprint density at radius 3 is 2.57 bits per heavy atom. The van der Waals surface area contributed by atoms with Gasteiger partial charge in [0.25, 0.3) is 5.56 Å². The van der Waals surface area contributed by atoms with E-state index >= 15 is 0 Å². The van der Waals surface area contributed by atoms with E-state index in [2.05, 4.69) is 4.98 Å². The minimum atomic E-state index is -1.52. The van der Waals surface area contributed by atoms with Crippen LogP contribution in [0.15, 0.2) is 65.7 Å². The van der Waals surface area contributed by atoms with Crippen molar-refractivity contribution < 1.29 is 29.0 Å². The van der Waals surface area contributed by atoms with Gasteiger partial charge in [0.15, 0.2) is 5.78 Å². The Balaban J connectivity index is 1.61. The largest absolute Gasteiger partial charge is 0.465 e. The Morgan fingerprint density at radius 1 is 1.08 bits per heavy atom. The normalized spacial score (nSPS) is 18.3. The second-order valence-corrected chi connectivity index (χ2v) is 8.82. The van der Waals surface area contributed by atoms with Crippen LogP contribution >= 0.6 is 0 Å². The Morgan fingerprint density at radius 2 is 1.81 bits per heavy atom. The van der Waals surface area contributed by atoms with Crippen molar-refractivity contribution in [2.24, 2.45) is 5.92 Å². The van der Waals surface area contributed by atoms with E-state index < -0.39 is 48.0 Å². The molecule has 3 atom stereocenters. The summed E-state index contributed by atoms with van der Waals surface area (Å²) < 4.78 is 11.7. The van der Waals surface area contributed by atoms with Gasteiger partial charge in [0.2, 0.25) is 0 Å². The minimum absolute atomic E-state index is 0.00135. The number of esters is 1. The minimum Gasteiger partial charge on any atom is -0.465 e. The molecule has 1 saturated heterocycles. The molecule has 1 aromatic heterocycles. The number of rotatable bonds is 8. The van der Waals surface area contributed by atoms with Gasteiger partial charge in [0.1, 0.15) is 12.5 Å². The molecule has 1 aliphatic heterocycles. The number of hydrogen-bond acceptors (Lipinski definition) is 8. The number of para-hydroxylation sites is 1. The Hall–Kier alpha value is -4.05. The van der Waals surface area contributed by atoms with Crippen LogP contribution in [0.2, 0.25) is 0 Å². The second-order valence-electron chi connectivity index (χ2n) is 8.82. The third-order valence-corrected chi connectivity index (χ3v) is 6.38. The summed E-state index contributed by atoms with van der Waals surface area (Å²) in [7, 11) is 0. The molecule has 4 rings (SSSR count). The zero-order valence-electron chi connectivity index (χ0n) is 20.5. The van der Waals surface area contributed by atoms with Gasteiger partial charge >= 0.3 is 12.1 Å². The zero-order valence-corrected chi connectivity index (χ0v) is 20.5. The molecule has 1 N–H and O–H groups in total. The number of likely N-dealkylation sites (tertiary alicyclic amines) is 1. The van der Waals surface area contributed by atoms with Crippen molar-refractivity contribution in [3.8, 4) is 0 Å². The molecular weight excluding hydrogens is 478 g/mol. The van der Waals surface area contributed by atoms with Crippen molar-refractivity contribution in [1.82, 2.24) is 14.5 Å². The maximum absolute atomic E-state index is 13.5. The number of fused-ring (bicyclic) bond motifs is 1. The van der Waals surface area contributed by atoms with Gasteiger partial charge in [-0.05, 0) is 37.5 Å². The van der Waals surface area contributed by atoms with E-state index in [0.717, 1.165) is 10.1 Å². The number of aliphatic hydroxyl groups is 1. The first-order valence-electron chi connectivity index (χ1n) is 12.2. The predicted octanol–water partition coefficient (Wildman–Crippen LogP) is 2.31. The molecule has 10 heteroatoms. The number of aliphatic hydroxyl groups excluding tert-OH is 1. The maximum atomic E-state index is 13.5. The Labute approximate surface area is 213 Å². The smallest absolute Gasteiger partial charge is 0.410 e. The fraction of sp³-hybridized carbons (Fsp3) is 0.370. The average molecular weight is 508 g/mol. The van der Waals surface area contributed by atoms with E-state index in [4.69, 9.17) is 9.47 Å². The van der Waals surface area contributed by atoms with Crippen molar-refractivity contribution in [1.29, 1.82) is 0 Å². The highest BCUT2D eigenvalue weighted by molar-refractivity contribution is 6.00. The molecule has 0 saturated carbocycles. The number of amides is 1. The standard InChI is InChI=1S/C27H29N3O7/c1-2-36-26(34)23(22(32)15-29-17-28-20-12-7-6-11-19(20)25(29)33)24-21(31)13-8-14-30(24)27(35)37-16-18-9-4-3-5-10-18/h3-7,9-12,17,21,23-24,31H,2,8,13-16H2,1H3. The third-order valence-electron chi connectivity index (χ3n) is 6.38. The van der Waals surface area contributed by atoms with E-state index in [0.29, 0.717) is 17.3 Å². The molecule has 0 bridgehead atoms. The number of benzene rings is 2. The van der Waals surface area contributed by atoms with Crippen molar-refractivity contribution in [2.75, 3.05) is 13.2 Å². The summed E-state index contributed by atoms with van der Waals surface area (Å²) in [6, 6.07) is 14.6. The molecule has 3 aromatic rings. The highest BCUT2D eigenvalue weighted by Gasteiger charge is 2.47. The van der Waals surface area contributed by atoms with Crippen LogP contribution in [0.4, 0.5) is 4.79 Å². The summed E-state index contributed by atoms with van der Waals surface area (Å²) in [6.07, 6.45) is 0.0829. The fourth-order valence-corrected chi connectivity index (χ4v) is 4.59. The molecule has 1 fully saturated rings. The quantitative estimate of drug-likeness (QED) is 0.363. The van der Waals surface area contributed by atoms with Gasteiger partial charge in [-0.25, -0.2) is 9.78 Å². The van der Waals surface area contributed by atoms with Gasteiger partial charge in [-0.1, -0.05) is 42.5 Å². The van der Waals surface area contributed by atoms with Crippen LogP contribution in [0, 0.1) is 5.92 Å². The lowest BCUT2D eigenvalue weighted by molar-refractivity contribution is -0.158. The van der Waals surface area contributed by atoms with Crippen molar-refractivity contribution in [3.05, 3.63) is 76.8 Å². The van der Waals surface area contributed by atoms with E-state index in [1.807, 2.05) is 18.2 Å². The fourth-order valence-electron chi connectivity index (χ4n) is 4.59. The van der Waals surface area contributed by atoms with Crippen molar-refractivity contribution >= 4 is 28.7 Å². The number of nitrogens with zero attached hydrogens (tertiary/aromatic N) is 3. The van der Waals surface area contributed by atoms with E-state index in [-0.39, 0.29) is 26.2 Å². The van der Waals surface area contributed by atoms with Crippen LogP contribution < -0.4 is 5.56 Å². The lowest BCUT2D eigenvalue weighted by Crippen LogP contribution is -2.58. The van der Waals surface area contributed by atoms with Crippen molar-refractivity contribution in [2.45, 2.75) is 45.1 Å². The van der Waals surface area contributed by atoms with E-state index in [1.165, 1.54) is 11.2 Å². The average Bonchev–Trinajstić information content (AvgIpc) is 2.91.